The van der Waals surface area contributed by atoms with Crippen LogP contribution < -0.4 is 5.32 Å². The van der Waals surface area contributed by atoms with Crippen molar-refractivity contribution in [1.29, 1.82) is 0 Å². The van der Waals surface area contributed by atoms with Crippen molar-refractivity contribution >= 4 is 17.5 Å². The van der Waals surface area contributed by atoms with Gasteiger partial charge in [-0.3, -0.25) is 9.78 Å². The van der Waals surface area contributed by atoms with Crippen LogP contribution in [0.25, 0.3) is 0 Å². The molecule has 1 aliphatic rings. The van der Waals surface area contributed by atoms with E-state index in [4.69, 9.17) is 4.74 Å². The number of methoxy groups -OCH3 is 1. The number of piperidine rings is 1. The summed E-state index contributed by atoms with van der Waals surface area (Å²) in [4.78, 5) is 27.3. The average Bonchev–Trinajstić information content (AvgIpc) is 2.67. The van der Waals surface area contributed by atoms with Gasteiger partial charge in [0.25, 0.3) is 0 Å². The number of hydrogen-bond acceptors (Lipinski definition) is 6. The molecule has 25 heavy (non-hydrogen) atoms. The van der Waals surface area contributed by atoms with E-state index in [0.717, 1.165) is 43.3 Å². The maximum absolute atomic E-state index is 12.1. The lowest BCUT2D eigenvalue weighted by molar-refractivity contribution is -0.133. The molecule has 0 unspecified atom stereocenters. The number of anilines is 2. The third-order valence-corrected chi connectivity index (χ3v) is 4.39. The number of pyridine rings is 1. The van der Waals surface area contributed by atoms with E-state index in [1.54, 1.807) is 25.7 Å². The molecule has 0 spiro atoms. The van der Waals surface area contributed by atoms with Gasteiger partial charge in [0.2, 0.25) is 5.91 Å². The Morgan fingerprint density at radius 3 is 2.72 bits per heavy atom. The number of aromatic nitrogens is 3. The average molecular weight is 341 g/mol. The lowest BCUT2D eigenvalue weighted by Gasteiger charge is -2.32. The van der Waals surface area contributed by atoms with Gasteiger partial charge in [-0.2, -0.15) is 0 Å². The smallest absolute Gasteiger partial charge is 0.224 e. The molecular weight excluding hydrogens is 318 g/mol. The van der Waals surface area contributed by atoms with E-state index >= 15 is 0 Å². The van der Waals surface area contributed by atoms with Crippen LogP contribution in [0.5, 0.6) is 0 Å². The van der Waals surface area contributed by atoms with E-state index in [1.807, 2.05) is 23.1 Å². The maximum Gasteiger partial charge on any atom is 0.224 e. The Hall–Kier alpha value is -2.54. The van der Waals surface area contributed by atoms with Crippen molar-refractivity contribution in [3.8, 4) is 0 Å². The Balaban J connectivity index is 1.64. The molecule has 0 aliphatic carbocycles. The molecule has 7 heteroatoms. The molecule has 0 atom stereocenters. The Kier molecular flexibility index (Phi) is 5.90. The Bertz CT molecular complexity index is 687. The zero-order valence-corrected chi connectivity index (χ0v) is 14.4. The van der Waals surface area contributed by atoms with E-state index in [-0.39, 0.29) is 11.8 Å². The quantitative estimate of drug-likeness (QED) is 0.869. The first-order chi connectivity index (χ1) is 12.3. The fourth-order valence-corrected chi connectivity index (χ4v) is 3.05. The van der Waals surface area contributed by atoms with E-state index in [1.165, 1.54) is 0 Å². The number of hydrogen-bond donors (Lipinski definition) is 1. The maximum atomic E-state index is 12.1. The zero-order chi connectivity index (χ0) is 17.5. The minimum atomic E-state index is 0.159. The summed E-state index contributed by atoms with van der Waals surface area (Å²) in [6.07, 6.45) is 7.34. The van der Waals surface area contributed by atoms with Gasteiger partial charge in [-0.15, -0.1) is 0 Å². The largest absolute Gasteiger partial charge is 0.384 e. The molecule has 1 aliphatic heterocycles. The van der Waals surface area contributed by atoms with Crippen molar-refractivity contribution in [3.63, 3.8) is 0 Å². The Morgan fingerprint density at radius 1 is 1.20 bits per heavy atom. The normalized spacial score (nSPS) is 15.2. The number of amides is 1. The van der Waals surface area contributed by atoms with Crippen LogP contribution in [0.3, 0.4) is 0 Å². The van der Waals surface area contributed by atoms with Gasteiger partial charge >= 0.3 is 0 Å². The highest BCUT2D eigenvalue weighted by atomic mass is 16.5. The topological polar surface area (TPSA) is 80.2 Å². The number of nitrogens with one attached hydrogen (secondary N) is 1. The van der Waals surface area contributed by atoms with Gasteiger partial charge in [0.15, 0.2) is 5.82 Å². The third-order valence-electron chi connectivity index (χ3n) is 4.39. The predicted octanol–water partition coefficient (Wildman–Crippen LogP) is 2.36. The zero-order valence-electron chi connectivity index (χ0n) is 14.4. The highest BCUT2D eigenvalue weighted by Crippen LogP contribution is 2.31. The monoisotopic (exact) mass is 341 g/mol. The van der Waals surface area contributed by atoms with Crippen molar-refractivity contribution in [2.45, 2.75) is 25.2 Å². The fraction of sp³-hybridized carbons (Fsp3) is 0.444. The molecule has 1 saturated heterocycles. The molecule has 132 valence electrons. The Morgan fingerprint density at radius 2 is 2.00 bits per heavy atom. The molecule has 0 bridgehead atoms. The number of rotatable bonds is 6. The van der Waals surface area contributed by atoms with Gasteiger partial charge < -0.3 is 15.0 Å². The highest BCUT2D eigenvalue weighted by Gasteiger charge is 2.26. The minimum Gasteiger partial charge on any atom is -0.384 e. The van der Waals surface area contributed by atoms with Crippen molar-refractivity contribution in [3.05, 3.63) is 42.5 Å². The van der Waals surface area contributed by atoms with Crippen molar-refractivity contribution < 1.29 is 9.53 Å². The molecule has 3 heterocycles. The lowest BCUT2D eigenvalue weighted by atomic mass is 9.93. The van der Waals surface area contributed by atoms with Crippen molar-refractivity contribution in [1.82, 2.24) is 19.9 Å². The summed E-state index contributed by atoms with van der Waals surface area (Å²) in [6.45, 7) is 1.96. The lowest BCUT2D eigenvalue weighted by Crippen LogP contribution is -2.38. The molecule has 2 aromatic heterocycles. The summed E-state index contributed by atoms with van der Waals surface area (Å²) in [5.74, 6) is 1.93. The number of likely N-dealkylation sites (tertiary alicyclic amines) is 1. The summed E-state index contributed by atoms with van der Waals surface area (Å²) in [7, 11) is 1.61. The molecule has 1 fully saturated rings. The van der Waals surface area contributed by atoms with Gasteiger partial charge in [0.05, 0.1) is 18.7 Å². The fourth-order valence-electron chi connectivity index (χ4n) is 3.05. The molecule has 3 rings (SSSR count). The number of nitrogens with zero attached hydrogens (tertiary/aromatic N) is 4. The van der Waals surface area contributed by atoms with Crippen LogP contribution >= 0.6 is 0 Å². The standard InChI is InChI=1S/C18H23N5O2/c1-25-13-7-16(24)23-11-5-14(6-12-23)17-18(21-10-9-20-17)22-15-4-2-3-8-19-15/h2-4,8-10,14H,5-7,11-13H2,1H3,(H,19,21,22). The summed E-state index contributed by atoms with van der Waals surface area (Å²) in [5, 5.41) is 3.25. The second-order valence-corrected chi connectivity index (χ2v) is 6.03. The van der Waals surface area contributed by atoms with Crippen LogP contribution in [0.2, 0.25) is 0 Å². The molecule has 2 aromatic rings. The van der Waals surface area contributed by atoms with E-state index in [2.05, 4.69) is 20.3 Å². The van der Waals surface area contributed by atoms with Gasteiger partial charge in [-0.05, 0) is 25.0 Å². The summed E-state index contributed by atoms with van der Waals surface area (Å²) < 4.78 is 4.99. The van der Waals surface area contributed by atoms with Crippen LogP contribution in [-0.4, -0.2) is 52.6 Å². The first-order valence-corrected chi connectivity index (χ1v) is 8.53. The van der Waals surface area contributed by atoms with Crippen molar-refractivity contribution in [2.75, 3.05) is 32.1 Å². The Labute approximate surface area is 147 Å². The third kappa shape index (κ3) is 4.51. The van der Waals surface area contributed by atoms with Crippen molar-refractivity contribution in [2.24, 2.45) is 0 Å². The number of carbonyl (C=O) groups is 1. The van der Waals surface area contributed by atoms with Crippen LogP contribution in [0, 0.1) is 0 Å². The second kappa shape index (κ2) is 8.53. The molecule has 0 aromatic carbocycles. The summed E-state index contributed by atoms with van der Waals surface area (Å²) in [6, 6.07) is 5.70. The highest BCUT2D eigenvalue weighted by molar-refractivity contribution is 5.76. The number of ether oxygens (including phenoxy) is 1. The van der Waals surface area contributed by atoms with Gasteiger partial charge in [0, 0.05) is 44.7 Å². The van der Waals surface area contributed by atoms with E-state index in [9.17, 15) is 4.79 Å². The SMILES string of the molecule is COCCC(=O)N1CCC(c2nccnc2Nc2ccccn2)CC1. The van der Waals surface area contributed by atoms with Gasteiger partial charge in [-0.1, -0.05) is 6.07 Å². The van der Waals surface area contributed by atoms with Crippen LogP contribution in [-0.2, 0) is 9.53 Å². The molecule has 0 saturated carbocycles. The molecule has 1 N–H and O–H groups in total. The predicted molar refractivity (Wildman–Crippen MR) is 94.6 cm³/mol. The summed E-state index contributed by atoms with van der Waals surface area (Å²) in [5.41, 5.74) is 0.942. The van der Waals surface area contributed by atoms with Crippen LogP contribution in [0.15, 0.2) is 36.8 Å². The molecule has 0 radical (unpaired) electrons. The number of carbonyl (C=O) groups excluding carboxylic acids is 1. The molecule has 7 nitrogen and oxygen atoms in total. The first-order valence-electron chi connectivity index (χ1n) is 8.53. The van der Waals surface area contributed by atoms with E-state index < -0.39 is 0 Å². The van der Waals surface area contributed by atoms with Gasteiger partial charge in [0.1, 0.15) is 5.82 Å². The molecule has 1 amide bonds. The minimum absolute atomic E-state index is 0.159. The molecular formula is C18H23N5O2. The van der Waals surface area contributed by atoms with Crippen LogP contribution in [0.1, 0.15) is 30.9 Å². The first kappa shape index (κ1) is 17.3. The summed E-state index contributed by atoms with van der Waals surface area (Å²) >= 11 is 0. The van der Waals surface area contributed by atoms with E-state index in [0.29, 0.717) is 13.0 Å². The second-order valence-electron chi connectivity index (χ2n) is 6.03. The van der Waals surface area contributed by atoms with Crippen LogP contribution in [0.4, 0.5) is 11.6 Å². The van der Waals surface area contributed by atoms with Gasteiger partial charge in [-0.25, -0.2) is 9.97 Å².